The molecule has 0 aromatic heterocycles. The number of hydrogen-bond acceptors (Lipinski definition) is 5. The van der Waals surface area contributed by atoms with Crippen molar-refractivity contribution in [2.75, 3.05) is 0 Å². The number of carbonyl (C=O) groups excluding carboxylic acids is 4. The van der Waals surface area contributed by atoms with Gasteiger partial charge in [0.25, 0.3) is 0 Å². The Balaban J connectivity index is 1.74. The molecule has 7 heteroatoms. The molecule has 3 rings (SSSR count). The van der Waals surface area contributed by atoms with Gasteiger partial charge in [0.2, 0.25) is 23.6 Å². The van der Waals surface area contributed by atoms with Crippen LogP contribution in [0.1, 0.15) is 84.0 Å². The Bertz CT molecular complexity index is 640. The van der Waals surface area contributed by atoms with Crippen LogP contribution in [-0.2, 0) is 19.2 Å². The predicted molar refractivity (Wildman–Crippen MR) is 104 cm³/mol. The highest BCUT2D eigenvalue weighted by Crippen LogP contribution is 2.38. The average molecular weight is 392 g/mol. The largest absolute Gasteiger partial charge is 0.325 e. The van der Waals surface area contributed by atoms with Crippen LogP contribution in [0.15, 0.2) is 0 Å². The van der Waals surface area contributed by atoms with E-state index in [2.05, 4.69) is 5.32 Å². The van der Waals surface area contributed by atoms with Crippen LogP contribution in [0.2, 0.25) is 0 Å². The predicted octanol–water partition coefficient (Wildman–Crippen LogP) is 2.02. The van der Waals surface area contributed by atoms with Gasteiger partial charge in [-0.2, -0.15) is 0 Å². The van der Waals surface area contributed by atoms with Crippen molar-refractivity contribution >= 4 is 23.6 Å². The summed E-state index contributed by atoms with van der Waals surface area (Å²) >= 11 is 0. The van der Waals surface area contributed by atoms with E-state index in [0.717, 1.165) is 43.4 Å². The van der Waals surface area contributed by atoms with Gasteiger partial charge in [-0.15, -0.1) is 0 Å². The van der Waals surface area contributed by atoms with Crippen LogP contribution in [0.3, 0.4) is 0 Å². The third-order valence-electron chi connectivity index (χ3n) is 6.77. The molecule has 3 aliphatic rings. The van der Waals surface area contributed by atoms with E-state index in [1.54, 1.807) is 0 Å². The minimum atomic E-state index is -0.855. The maximum absolute atomic E-state index is 13.2. The molecule has 3 unspecified atom stereocenters. The number of nitrogens with one attached hydrogen (secondary N) is 1. The van der Waals surface area contributed by atoms with E-state index in [1.807, 2.05) is 6.92 Å². The van der Waals surface area contributed by atoms with Crippen LogP contribution < -0.4 is 11.1 Å². The number of amides is 4. The molecule has 28 heavy (non-hydrogen) atoms. The first kappa shape index (κ1) is 21.0. The molecule has 0 aromatic carbocycles. The highest BCUT2D eigenvalue weighted by Gasteiger charge is 2.51. The number of likely N-dealkylation sites (tertiary alicyclic amines) is 1. The second-order valence-electron chi connectivity index (χ2n) is 8.83. The summed E-state index contributed by atoms with van der Waals surface area (Å²) in [5, 5.41) is 2.26. The van der Waals surface area contributed by atoms with Crippen LogP contribution in [0, 0.1) is 11.8 Å². The SMILES string of the molecule is CCCC1C(=O)N(C2CCC(=O)NC2=O)C(=O)C1CCC1(N)CCCCCC1. The Morgan fingerprint density at radius 1 is 1.00 bits per heavy atom. The Kier molecular flexibility index (Phi) is 6.53. The molecule has 3 N–H and O–H groups in total. The summed E-state index contributed by atoms with van der Waals surface area (Å²) in [6, 6.07) is -0.855. The number of imide groups is 2. The monoisotopic (exact) mass is 391 g/mol. The quantitative estimate of drug-likeness (QED) is 0.532. The standard InChI is InChI=1S/C21H33N3O4/c1-2-7-14-15(10-13-21(22)11-5-3-4-6-12-21)20(28)24(19(14)27)16-8-9-17(25)23-18(16)26/h14-16H,2-13,22H2,1H3,(H,23,25,26). The van der Waals surface area contributed by atoms with E-state index in [0.29, 0.717) is 12.8 Å². The average Bonchev–Trinajstić information content (AvgIpc) is 2.79. The first-order chi connectivity index (χ1) is 13.4. The fraction of sp³-hybridized carbons (Fsp3) is 0.810. The molecule has 3 fully saturated rings. The molecule has 4 amide bonds. The molecule has 3 atom stereocenters. The van der Waals surface area contributed by atoms with Gasteiger partial charge in [0.1, 0.15) is 6.04 Å². The number of nitrogens with zero attached hydrogens (tertiary/aromatic N) is 1. The number of piperidine rings is 1. The summed E-state index contributed by atoms with van der Waals surface area (Å²) < 4.78 is 0. The van der Waals surface area contributed by atoms with E-state index in [-0.39, 0.29) is 42.0 Å². The maximum atomic E-state index is 13.2. The van der Waals surface area contributed by atoms with Crippen LogP contribution >= 0.6 is 0 Å². The highest BCUT2D eigenvalue weighted by molar-refractivity contribution is 6.10. The molecule has 2 heterocycles. The van der Waals surface area contributed by atoms with Crippen LogP contribution in [0.5, 0.6) is 0 Å². The van der Waals surface area contributed by atoms with Gasteiger partial charge in [0, 0.05) is 12.0 Å². The zero-order valence-corrected chi connectivity index (χ0v) is 16.9. The van der Waals surface area contributed by atoms with Crippen molar-refractivity contribution in [1.82, 2.24) is 10.2 Å². The van der Waals surface area contributed by atoms with Gasteiger partial charge in [-0.1, -0.05) is 39.0 Å². The van der Waals surface area contributed by atoms with Gasteiger partial charge in [0.05, 0.1) is 11.8 Å². The lowest BCUT2D eigenvalue weighted by atomic mass is 9.80. The van der Waals surface area contributed by atoms with Crippen molar-refractivity contribution in [2.45, 2.75) is 95.6 Å². The first-order valence-electron chi connectivity index (χ1n) is 10.9. The Morgan fingerprint density at radius 2 is 1.61 bits per heavy atom. The molecular formula is C21H33N3O4. The normalized spacial score (nSPS) is 31.1. The summed E-state index contributed by atoms with van der Waals surface area (Å²) in [5.74, 6) is -2.17. The van der Waals surface area contributed by atoms with Gasteiger partial charge < -0.3 is 5.73 Å². The first-order valence-corrected chi connectivity index (χ1v) is 10.9. The van der Waals surface area contributed by atoms with Crippen LogP contribution in [-0.4, -0.2) is 40.1 Å². The number of nitrogens with two attached hydrogens (primary N) is 1. The van der Waals surface area contributed by atoms with E-state index >= 15 is 0 Å². The second-order valence-corrected chi connectivity index (χ2v) is 8.83. The summed E-state index contributed by atoms with van der Waals surface area (Å²) in [5.41, 5.74) is 6.39. The molecule has 0 radical (unpaired) electrons. The van der Waals surface area contributed by atoms with Gasteiger partial charge in [-0.05, 0) is 38.5 Å². The topological polar surface area (TPSA) is 110 Å². The minimum Gasteiger partial charge on any atom is -0.325 e. The molecule has 1 aliphatic carbocycles. The Morgan fingerprint density at radius 3 is 2.18 bits per heavy atom. The number of rotatable bonds is 6. The van der Waals surface area contributed by atoms with Gasteiger partial charge in [-0.3, -0.25) is 29.4 Å². The smallest absolute Gasteiger partial charge is 0.249 e. The third-order valence-corrected chi connectivity index (χ3v) is 6.77. The van der Waals surface area contributed by atoms with Crippen molar-refractivity contribution in [3.05, 3.63) is 0 Å². The summed E-state index contributed by atoms with van der Waals surface area (Å²) in [4.78, 5) is 51.1. The van der Waals surface area contributed by atoms with E-state index in [1.165, 1.54) is 12.8 Å². The lowest BCUT2D eigenvalue weighted by Gasteiger charge is -2.30. The van der Waals surface area contributed by atoms with E-state index in [9.17, 15) is 19.2 Å². The zero-order chi connectivity index (χ0) is 20.3. The zero-order valence-electron chi connectivity index (χ0n) is 16.9. The Labute approximate surface area is 166 Å². The molecule has 2 saturated heterocycles. The lowest BCUT2D eigenvalue weighted by molar-refractivity contribution is -0.151. The minimum absolute atomic E-state index is 0.155. The fourth-order valence-corrected chi connectivity index (χ4v) is 5.13. The summed E-state index contributed by atoms with van der Waals surface area (Å²) in [6.07, 6.45) is 9.74. The van der Waals surface area contributed by atoms with E-state index < -0.39 is 17.9 Å². The summed E-state index contributed by atoms with van der Waals surface area (Å²) in [6.45, 7) is 2.00. The third kappa shape index (κ3) is 4.29. The van der Waals surface area contributed by atoms with E-state index in [4.69, 9.17) is 5.73 Å². The second kappa shape index (κ2) is 8.72. The van der Waals surface area contributed by atoms with Crippen LogP contribution in [0.25, 0.3) is 0 Å². The maximum Gasteiger partial charge on any atom is 0.249 e. The van der Waals surface area contributed by atoms with Crippen LogP contribution in [0.4, 0.5) is 0 Å². The van der Waals surface area contributed by atoms with Gasteiger partial charge >= 0.3 is 0 Å². The molecule has 2 aliphatic heterocycles. The molecule has 0 bridgehead atoms. The summed E-state index contributed by atoms with van der Waals surface area (Å²) in [7, 11) is 0. The molecular weight excluding hydrogens is 358 g/mol. The molecule has 1 saturated carbocycles. The molecule has 156 valence electrons. The number of hydrogen-bond donors (Lipinski definition) is 2. The van der Waals surface area contributed by atoms with Gasteiger partial charge in [-0.25, -0.2) is 0 Å². The Hall–Kier alpha value is -1.76. The molecule has 0 aromatic rings. The van der Waals surface area contributed by atoms with Crippen molar-refractivity contribution in [3.63, 3.8) is 0 Å². The van der Waals surface area contributed by atoms with Crippen molar-refractivity contribution in [1.29, 1.82) is 0 Å². The van der Waals surface area contributed by atoms with Gasteiger partial charge in [0.15, 0.2) is 0 Å². The van der Waals surface area contributed by atoms with Crippen molar-refractivity contribution in [2.24, 2.45) is 17.6 Å². The fourth-order valence-electron chi connectivity index (χ4n) is 5.13. The van der Waals surface area contributed by atoms with Crippen molar-refractivity contribution in [3.8, 4) is 0 Å². The van der Waals surface area contributed by atoms with Crippen molar-refractivity contribution < 1.29 is 19.2 Å². The highest BCUT2D eigenvalue weighted by atomic mass is 16.2. The molecule has 0 spiro atoms. The lowest BCUT2D eigenvalue weighted by Crippen LogP contribution is -2.54. The number of carbonyl (C=O) groups is 4. The molecule has 7 nitrogen and oxygen atoms in total.